The first-order chi connectivity index (χ1) is 19.1. The first-order valence-corrected chi connectivity index (χ1v) is 14.0. The molecule has 1 N–H and O–H groups in total. The topological polar surface area (TPSA) is 60.9 Å². The fourth-order valence-electron chi connectivity index (χ4n) is 6.19. The first kappa shape index (κ1) is 30.9. The van der Waals surface area contributed by atoms with Gasteiger partial charge in [0.05, 0.1) is 30.2 Å². The second kappa shape index (κ2) is 11.7. The van der Waals surface area contributed by atoms with E-state index in [0.29, 0.717) is 38.9 Å². The van der Waals surface area contributed by atoms with Crippen molar-refractivity contribution in [2.75, 3.05) is 19.7 Å². The fourth-order valence-corrected chi connectivity index (χ4v) is 6.19. The largest absolute Gasteiger partial charge is 0.416 e. The molecule has 5 nitrogen and oxygen atoms in total. The van der Waals surface area contributed by atoms with Crippen LogP contribution < -0.4 is 0 Å². The van der Waals surface area contributed by atoms with Crippen LogP contribution in [0.4, 0.5) is 22.0 Å². The number of fused-ring (bicyclic) bond motifs is 1. The second-order valence-electron chi connectivity index (χ2n) is 11.6. The van der Waals surface area contributed by atoms with Gasteiger partial charge in [0.15, 0.2) is 0 Å². The summed E-state index contributed by atoms with van der Waals surface area (Å²) in [7, 11) is 0. The van der Waals surface area contributed by atoms with Crippen LogP contribution in [-0.4, -0.2) is 52.5 Å². The van der Waals surface area contributed by atoms with E-state index in [1.54, 1.807) is 23.6 Å². The molecule has 41 heavy (non-hydrogen) atoms. The first-order valence-electron chi connectivity index (χ1n) is 14.0. The number of benzene rings is 2. The minimum absolute atomic E-state index is 0.108. The van der Waals surface area contributed by atoms with Crippen molar-refractivity contribution in [3.8, 4) is 0 Å². The number of piperazine rings is 1. The van der Waals surface area contributed by atoms with Crippen LogP contribution >= 0.6 is 0 Å². The number of nitrogens with zero attached hydrogens (tertiary/aromatic N) is 2. The lowest BCUT2D eigenvalue weighted by atomic mass is 9.83. The van der Waals surface area contributed by atoms with Crippen LogP contribution in [0.5, 0.6) is 0 Å². The zero-order valence-electron chi connectivity index (χ0n) is 23.7. The molecule has 0 bridgehead atoms. The van der Waals surface area contributed by atoms with E-state index < -0.39 is 35.1 Å². The smallest absolute Gasteiger partial charge is 0.396 e. The summed E-state index contributed by atoms with van der Waals surface area (Å²) in [6.45, 7) is 6.45. The number of hydrogen-bond donors (Lipinski definition) is 1. The Morgan fingerprint density at radius 3 is 2.32 bits per heavy atom. The van der Waals surface area contributed by atoms with Crippen LogP contribution in [0.15, 0.2) is 42.5 Å². The second-order valence-corrected chi connectivity index (χ2v) is 11.6. The molecule has 5 unspecified atom stereocenters. The van der Waals surface area contributed by atoms with E-state index in [0.717, 1.165) is 23.3 Å². The summed E-state index contributed by atoms with van der Waals surface area (Å²) in [4.78, 5) is 30.1. The number of alkyl halides is 5. The summed E-state index contributed by atoms with van der Waals surface area (Å²) in [5.41, 5.74) is 0.256. The molecule has 2 saturated heterocycles. The van der Waals surface area contributed by atoms with Crippen molar-refractivity contribution in [3.63, 3.8) is 0 Å². The van der Waals surface area contributed by atoms with Crippen molar-refractivity contribution in [1.29, 1.82) is 0 Å². The third-order valence-corrected chi connectivity index (χ3v) is 8.87. The zero-order chi connectivity index (χ0) is 30.3. The SMILES string of the molecule is Cc1ccccc1C1C2CC(CO)C(=O)N2CCN1C(=O)CCC(C)C(C)c1cc(C(C)(F)F)cc(C(F)(F)F)c1. The van der Waals surface area contributed by atoms with E-state index in [1.807, 2.05) is 31.2 Å². The molecule has 0 radical (unpaired) electrons. The van der Waals surface area contributed by atoms with Gasteiger partial charge < -0.3 is 14.9 Å². The highest BCUT2D eigenvalue weighted by molar-refractivity contribution is 5.83. The Labute approximate surface area is 237 Å². The molecule has 2 aromatic carbocycles. The Morgan fingerprint density at radius 1 is 1.05 bits per heavy atom. The van der Waals surface area contributed by atoms with E-state index >= 15 is 0 Å². The molecule has 0 spiro atoms. The van der Waals surface area contributed by atoms with E-state index in [2.05, 4.69) is 0 Å². The molecular weight excluding hydrogens is 543 g/mol. The molecule has 2 aliphatic rings. The Kier molecular flexibility index (Phi) is 8.83. The molecule has 0 aromatic heterocycles. The number of halogens is 5. The van der Waals surface area contributed by atoms with Crippen molar-refractivity contribution in [2.45, 2.75) is 77.1 Å². The minimum Gasteiger partial charge on any atom is -0.396 e. The summed E-state index contributed by atoms with van der Waals surface area (Å²) >= 11 is 0. The average Bonchev–Trinajstić information content (AvgIpc) is 3.25. The molecule has 2 aromatic rings. The van der Waals surface area contributed by atoms with Crippen LogP contribution in [0, 0.1) is 18.8 Å². The van der Waals surface area contributed by atoms with Crippen LogP contribution in [0.25, 0.3) is 0 Å². The quantitative estimate of drug-likeness (QED) is 0.366. The van der Waals surface area contributed by atoms with Gasteiger partial charge in [0.25, 0.3) is 5.92 Å². The van der Waals surface area contributed by atoms with Crippen molar-refractivity contribution >= 4 is 11.8 Å². The number of hydrogen-bond acceptors (Lipinski definition) is 3. The number of aryl methyl sites for hydroxylation is 1. The molecule has 2 fully saturated rings. The monoisotopic (exact) mass is 580 g/mol. The predicted molar refractivity (Wildman–Crippen MR) is 144 cm³/mol. The standard InChI is InChI=1S/C31H37F5N2O3/c1-18(20(3)21-13-23(30(4,32)33)16-24(14-21)31(34,35)36)9-10-27(40)38-12-11-37-26(15-22(17-39)29(37)41)28(38)25-8-6-5-7-19(25)2/h5-8,13-14,16,18,20,22,26,28,39H,9-12,15,17H2,1-4H3. The summed E-state index contributed by atoms with van der Waals surface area (Å²) in [6, 6.07) is 9.56. The summed E-state index contributed by atoms with van der Waals surface area (Å²) in [6.07, 6.45) is -3.87. The van der Waals surface area contributed by atoms with Crippen LogP contribution in [0.3, 0.4) is 0 Å². The van der Waals surface area contributed by atoms with Gasteiger partial charge in [-0.2, -0.15) is 13.2 Å². The van der Waals surface area contributed by atoms with E-state index in [1.165, 1.54) is 0 Å². The molecule has 2 heterocycles. The van der Waals surface area contributed by atoms with Gasteiger partial charge in [-0.25, -0.2) is 8.78 Å². The van der Waals surface area contributed by atoms with Crippen molar-refractivity contribution in [2.24, 2.45) is 11.8 Å². The van der Waals surface area contributed by atoms with Gasteiger partial charge in [-0.05, 0) is 66.5 Å². The molecule has 224 valence electrons. The van der Waals surface area contributed by atoms with Crippen LogP contribution in [-0.2, 0) is 21.7 Å². The molecule has 4 rings (SSSR count). The zero-order valence-corrected chi connectivity index (χ0v) is 23.7. The summed E-state index contributed by atoms with van der Waals surface area (Å²) in [5.74, 6) is -4.96. The number of carbonyl (C=O) groups is 2. The summed E-state index contributed by atoms with van der Waals surface area (Å²) < 4.78 is 68.6. The van der Waals surface area contributed by atoms with Gasteiger partial charge in [0, 0.05) is 32.0 Å². The predicted octanol–water partition coefficient (Wildman–Crippen LogP) is 6.44. The van der Waals surface area contributed by atoms with Crippen LogP contribution in [0.2, 0.25) is 0 Å². The fraction of sp³-hybridized carbons (Fsp3) is 0.548. The third kappa shape index (κ3) is 6.42. The minimum atomic E-state index is -4.77. The van der Waals surface area contributed by atoms with Crippen molar-refractivity contribution < 1.29 is 36.6 Å². The molecule has 0 aliphatic carbocycles. The van der Waals surface area contributed by atoms with Gasteiger partial charge in [0.2, 0.25) is 11.8 Å². The maximum Gasteiger partial charge on any atom is 0.416 e. The molecule has 2 aliphatic heterocycles. The van der Waals surface area contributed by atoms with E-state index in [4.69, 9.17) is 0 Å². The molecule has 10 heteroatoms. The average molecular weight is 581 g/mol. The maximum atomic E-state index is 14.0. The number of rotatable bonds is 8. The molecule has 5 atom stereocenters. The third-order valence-electron chi connectivity index (χ3n) is 8.87. The number of aliphatic hydroxyl groups excluding tert-OH is 1. The highest BCUT2D eigenvalue weighted by Gasteiger charge is 2.49. The molecule has 0 saturated carbocycles. The number of carbonyl (C=O) groups excluding carboxylic acids is 2. The lowest BCUT2D eigenvalue weighted by Gasteiger charge is -2.45. The van der Waals surface area contributed by atoms with Crippen molar-refractivity contribution in [1.82, 2.24) is 9.80 Å². The highest BCUT2D eigenvalue weighted by atomic mass is 19.4. The Hall–Kier alpha value is -3.01. The van der Waals surface area contributed by atoms with Gasteiger partial charge in [-0.1, -0.05) is 38.1 Å². The van der Waals surface area contributed by atoms with Crippen LogP contribution in [0.1, 0.15) is 79.8 Å². The Balaban J connectivity index is 1.54. The van der Waals surface area contributed by atoms with Crippen molar-refractivity contribution in [3.05, 3.63) is 70.3 Å². The number of aliphatic hydroxyl groups is 1. The normalized spacial score (nSPS) is 23.0. The lowest BCUT2D eigenvalue weighted by molar-refractivity contribution is -0.144. The number of amides is 2. The van der Waals surface area contributed by atoms with Gasteiger partial charge in [-0.3, -0.25) is 9.59 Å². The Morgan fingerprint density at radius 2 is 1.71 bits per heavy atom. The summed E-state index contributed by atoms with van der Waals surface area (Å²) in [5, 5.41) is 9.75. The maximum absolute atomic E-state index is 14.0. The van der Waals surface area contributed by atoms with Gasteiger partial charge in [-0.15, -0.1) is 0 Å². The van der Waals surface area contributed by atoms with E-state index in [9.17, 15) is 36.6 Å². The van der Waals surface area contributed by atoms with Gasteiger partial charge in [0.1, 0.15) is 0 Å². The van der Waals surface area contributed by atoms with E-state index in [-0.39, 0.29) is 48.4 Å². The Bertz CT molecular complexity index is 1240. The molecular formula is C31H37F5N2O3. The van der Waals surface area contributed by atoms with Gasteiger partial charge >= 0.3 is 6.18 Å². The lowest BCUT2D eigenvalue weighted by Crippen LogP contribution is -2.55. The molecule has 2 amide bonds. The highest BCUT2D eigenvalue weighted by Crippen LogP contribution is 2.42.